The maximum absolute atomic E-state index is 9.19. The first kappa shape index (κ1) is 13.6. The van der Waals surface area contributed by atoms with E-state index in [0.29, 0.717) is 11.6 Å². The van der Waals surface area contributed by atoms with Crippen LogP contribution in [0.4, 0.5) is 5.69 Å². The van der Waals surface area contributed by atoms with Crippen LogP contribution in [0.15, 0.2) is 18.2 Å². The first-order valence-electron chi connectivity index (χ1n) is 6.11. The van der Waals surface area contributed by atoms with Gasteiger partial charge in [0.15, 0.2) is 0 Å². The van der Waals surface area contributed by atoms with Gasteiger partial charge in [0.1, 0.15) is 0 Å². The summed E-state index contributed by atoms with van der Waals surface area (Å²) in [7, 11) is 0. The summed E-state index contributed by atoms with van der Waals surface area (Å²) in [5.74, 6) is 0. The SMILES string of the molecule is CC1CN(Cc2cc(Cl)ccc2N)CC(CO)O1. The van der Waals surface area contributed by atoms with Gasteiger partial charge in [0.2, 0.25) is 0 Å². The number of aliphatic hydroxyl groups excluding tert-OH is 1. The molecule has 0 spiro atoms. The van der Waals surface area contributed by atoms with E-state index in [1.807, 2.05) is 19.1 Å². The topological polar surface area (TPSA) is 58.7 Å². The molecule has 100 valence electrons. The molecule has 1 saturated heterocycles. The Hall–Kier alpha value is -0.810. The van der Waals surface area contributed by atoms with Crippen molar-refractivity contribution in [3.05, 3.63) is 28.8 Å². The van der Waals surface area contributed by atoms with E-state index in [-0.39, 0.29) is 18.8 Å². The minimum Gasteiger partial charge on any atom is -0.398 e. The number of nitrogen functional groups attached to an aromatic ring is 1. The van der Waals surface area contributed by atoms with Crippen LogP contribution >= 0.6 is 11.6 Å². The second kappa shape index (κ2) is 5.89. The van der Waals surface area contributed by atoms with Gasteiger partial charge in [-0.05, 0) is 30.7 Å². The number of hydrogen-bond donors (Lipinski definition) is 2. The molecule has 2 atom stereocenters. The molecule has 2 unspecified atom stereocenters. The second-order valence-corrected chi connectivity index (χ2v) is 5.22. The Kier molecular flexibility index (Phi) is 4.45. The average molecular weight is 271 g/mol. The van der Waals surface area contributed by atoms with Crippen molar-refractivity contribution in [3.63, 3.8) is 0 Å². The van der Waals surface area contributed by atoms with Crippen molar-refractivity contribution in [1.29, 1.82) is 0 Å². The van der Waals surface area contributed by atoms with Gasteiger partial charge in [-0.2, -0.15) is 0 Å². The van der Waals surface area contributed by atoms with Crippen LogP contribution in [-0.4, -0.2) is 41.9 Å². The third-order valence-electron chi connectivity index (χ3n) is 3.10. The molecule has 0 radical (unpaired) electrons. The Labute approximate surface area is 112 Å². The molecule has 5 heteroatoms. The summed E-state index contributed by atoms with van der Waals surface area (Å²) in [5.41, 5.74) is 7.71. The largest absolute Gasteiger partial charge is 0.398 e. The van der Waals surface area contributed by atoms with Crippen molar-refractivity contribution in [3.8, 4) is 0 Å². The van der Waals surface area contributed by atoms with E-state index < -0.39 is 0 Å². The Bertz CT molecular complexity index is 414. The summed E-state index contributed by atoms with van der Waals surface area (Å²) in [6.45, 7) is 4.34. The molecule has 0 bridgehead atoms. The van der Waals surface area contributed by atoms with E-state index in [1.54, 1.807) is 6.07 Å². The third kappa shape index (κ3) is 3.36. The van der Waals surface area contributed by atoms with Crippen molar-refractivity contribution in [2.45, 2.75) is 25.7 Å². The first-order chi connectivity index (χ1) is 8.58. The maximum Gasteiger partial charge on any atom is 0.0936 e. The summed E-state index contributed by atoms with van der Waals surface area (Å²) >= 11 is 5.98. The van der Waals surface area contributed by atoms with E-state index in [4.69, 9.17) is 22.1 Å². The normalized spacial score (nSPS) is 25.3. The lowest BCUT2D eigenvalue weighted by Gasteiger charge is -2.36. The lowest BCUT2D eigenvalue weighted by atomic mass is 10.1. The van der Waals surface area contributed by atoms with Crippen LogP contribution in [0.3, 0.4) is 0 Å². The van der Waals surface area contributed by atoms with Gasteiger partial charge < -0.3 is 15.6 Å². The van der Waals surface area contributed by atoms with E-state index in [2.05, 4.69) is 4.90 Å². The highest BCUT2D eigenvalue weighted by Gasteiger charge is 2.24. The number of benzene rings is 1. The molecule has 1 fully saturated rings. The highest BCUT2D eigenvalue weighted by molar-refractivity contribution is 6.30. The molecular weight excluding hydrogens is 252 g/mol. The standard InChI is InChI=1S/C13H19ClN2O2/c1-9-5-16(7-12(8-17)18-9)6-10-4-11(14)2-3-13(10)15/h2-4,9,12,17H,5-8,15H2,1H3. The number of aliphatic hydroxyl groups is 1. The Balaban J connectivity index is 2.06. The number of anilines is 1. The maximum atomic E-state index is 9.19. The third-order valence-corrected chi connectivity index (χ3v) is 3.34. The van der Waals surface area contributed by atoms with Crippen molar-refractivity contribution in [2.75, 3.05) is 25.4 Å². The van der Waals surface area contributed by atoms with Crippen LogP contribution in [0.5, 0.6) is 0 Å². The number of nitrogens with two attached hydrogens (primary N) is 1. The highest BCUT2D eigenvalue weighted by atomic mass is 35.5. The fraction of sp³-hybridized carbons (Fsp3) is 0.538. The Morgan fingerprint density at radius 3 is 3.00 bits per heavy atom. The minimum atomic E-state index is -0.117. The zero-order valence-electron chi connectivity index (χ0n) is 10.5. The number of halogens is 1. The summed E-state index contributed by atoms with van der Waals surface area (Å²) in [4.78, 5) is 2.23. The van der Waals surface area contributed by atoms with Crippen molar-refractivity contribution in [2.24, 2.45) is 0 Å². The number of hydrogen-bond acceptors (Lipinski definition) is 4. The van der Waals surface area contributed by atoms with Gasteiger partial charge in [0.25, 0.3) is 0 Å². The van der Waals surface area contributed by atoms with Crippen LogP contribution in [0.2, 0.25) is 5.02 Å². The lowest BCUT2D eigenvalue weighted by molar-refractivity contribution is -0.0972. The van der Waals surface area contributed by atoms with Crippen LogP contribution in [0.25, 0.3) is 0 Å². The fourth-order valence-corrected chi connectivity index (χ4v) is 2.52. The number of ether oxygens (including phenoxy) is 1. The van der Waals surface area contributed by atoms with Crippen LogP contribution in [-0.2, 0) is 11.3 Å². The number of nitrogens with zero attached hydrogens (tertiary/aromatic N) is 1. The zero-order valence-corrected chi connectivity index (χ0v) is 11.2. The monoisotopic (exact) mass is 270 g/mol. The van der Waals surface area contributed by atoms with Gasteiger partial charge in [0, 0.05) is 30.3 Å². The zero-order chi connectivity index (χ0) is 13.1. The predicted octanol–water partition coefficient (Wildman–Crippen LogP) is 1.50. The van der Waals surface area contributed by atoms with Gasteiger partial charge in [0.05, 0.1) is 18.8 Å². The molecule has 0 amide bonds. The van der Waals surface area contributed by atoms with Gasteiger partial charge >= 0.3 is 0 Å². The summed E-state index contributed by atoms with van der Waals surface area (Å²) in [5, 5.41) is 9.89. The van der Waals surface area contributed by atoms with E-state index in [0.717, 1.165) is 24.3 Å². The molecule has 1 heterocycles. The summed E-state index contributed by atoms with van der Waals surface area (Å²) in [6, 6.07) is 5.51. The predicted molar refractivity (Wildman–Crippen MR) is 72.6 cm³/mol. The summed E-state index contributed by atoms with van der Waals surface area (Å²) < 4.78 is 5.61. The van der Waals surface area contributed by atoms with Crippen LogP contribution in [0, 0.1) is 0 Å². The van der Waals surface area contributed by atoms with E-state index in [9.17, 15) is 5.11 Å². The quantitative estimate of drug-likeness (QED) is 0.818. The molecule has 0 aromatic heterocycles. The van der Waals surface area contributed by atoms with Gasteiger partial charge in [-0.3, -0.25) is 4.90 Å². The molecule has 3 N–H and O–H groups in total. The molecule has 1 aromatic carbocycles. The molecule has 18 heavy (non-hydrogen) atoms. The number of rotatable bonds is 3. The fourth-order valence-electron chi connectivity index (χ4n) is 2.32. The average Bonchev–Trinajstić information content (AvgIpc) is 2.33. The smallest absolute Gasteiger partial charge is 0.0936 e. The number of morpholine rings is 1. The summed E-state index contributed by atoms with van der Waals surface area (Å²) in [6.07, 6.45) is 0.00506. The van der Waals surface area contributed by atoms with Crippen LogP contribution < -0.4 is 5.73 Å². The minimum absolute atomic E-state index is 0.0475. The highest BCUT2D eigenvalue weighted by Crippen LogP contribution is 2.21. The van der Waals surface area contributed by atoms with Crippen molar-refractivity contribution >= 4 is 17.3 Å². The van der Waals surface area contributed by atoms with E-state index in [1.165, 1.54) is 0 Å². The molecule has 4 nitrogen and oxygen atoms in total. The second-order valence-electron chi connectivity index (χ2n) is 4.79. The van der Waals surface area contributed by atoms with E-state index >= 15 is 0 Å². The molecule has 1 aromatic rings. The Morgan fingerprint density at radius 2 is 2.28 bits per heavy atom. The molecule has 0 saturated carbocycles. The molecular formula is C13H19ClN2O2. The lowest BCUT2D eigenvalue weighted by Crippen LogP contribution is -2.47. The van der Waals surface area contributed by atoms with Gasteiger partial charge in [-0.25, -0.2) is 0 Å². The molecule has 2 rings (SSSR count). The van der Waals surface area contributed by atoms with Crippen molar-refractivity contribution < 1.29 is 9.84 Å². The van der Waals surface area contributed by atoms with Crippen LogP contribution in [0.1, 0.15) is 12.5 Å². The Morgan fingerprint density at radius 1 is 1.50 bits per heavy atom. The van der Waals surface area contributed by atoms with Gasteiger partial charge in [-0.1, -0.05) is 11.6 Å². The first-order valence-corrected chi connectivity index (χ1v) is 6.49. The van der Waals surface area contributed by atoms with Gasteiger partial charge in [-0.15, -0.1) is 0 Å². The molecule has 1 aliphatic rings. The molecule has 0 aliphatic carbocycles. The molecule has 1 aliphatic heterocycles. The van der Waals surface area contributed by atoms with Crippen molar-refractivity contribution in [1.82, 2.24) is 4.90 Å².